The summed E-state index contributed by atoms with van der Waals surface area (Å²) in [6.45, 7) is 1.61. The predicted molar refractivity (Wildman–Crippen MR) is 63.0 cm³/mol. The molecule has 0 aliphatic carbocycles. The monoisotopic (exact) mass is 257 g/mol. The van der Waals surface area contributed by atoms with E-state index in [1.54, 1.807) is 6.92 Å². The summed E-state index contributed by atoms with van der Waals surface area (Å²) in [7, 11) is 0. The number of esters is 1. The molecule has 0 amide bonds. The van der Waals surface area contributed by atoms with Gasteiger partial charge in [-0.25, -0.2) is 9.59 Å². The van der Waals surface area contributed by atoms with Gasteiger partial charge in [-0.3, -0.25) is 0 Å². The zero-order valence-electron chi connectivity index (χ0n) is 9.14. The molecule has 92 valence electrons. The van der Waals surface area contributed by atoms with Crippen LogP contribution in [0.4, 0.5) is 5.69 Å². The number of carboxylic acid groups (broad SMARTS) is 1. The lowest BCUT2D eigenvalue weighted by Gasteiger charge is -2.11. The number of hydrogen-bond donors (Lipinski definition) is 2. The number of carbonyl (C=O) groups is 2. The molecule has 0 radical (unpaired) electrons. The molecule has 1 aromatic carbocycles. The number of carboxylic acids is 1. The highest BCUT2D eigenvalue weighted by atomic mass is 35.5. The smallest absolute Gasteiger partial charge is 0.345 e. The number of benzene rings is 1. The van der Waals surface area contributed by atoms with Crippen LogP contribution in [-0.4, -0.2) is 23.1 Å². The van der Waals surface area contributed by atoms with Crippen LogP contribution in [0.5, 0.6) is 0 Å². The van der Waals surface area contributed by atoms with Crippen molar-refractivity contribution in [2.24, 2.45) is 0 Å². The highest BCUT2D eigenvalue weighted by Gasteiger charge is 2.21. The number of carbonyl (C=O) groups excluding carboxylic acids is 1. The Morgan fingerprint density at radius 3 is 2.65 bits per heavy atom. The van der Waals surface area contributed by atoms with E-state index in [9.17, 15) is 9.59 Å². The fourth-order valence-electron chi connectivity index (χ4n) is 1.16. The van der Waals surface area contributed by atoms with Crippen LogP contribution in [0.1, 0.15) is 23.7 Å². The minimum absolute atomic E-state index is 0.170. The van der Waals surface area contributed by atoms with Gasteiger partial charge < -0.3 is 15.6 Å². The molecule has 0 heterocycles. The molecule has 17 heavy (non-hydrogen) atoms. The summed E-state index contributed by atoms with van der Waals surface area (Å²) in [5.41, 5.74) is 6.00. The summed E-state index contributed by atoms with van der Waals surface area (Å²) < 4.78 is 4.80. The minimum atomic E-state index is -1.18. The number of nitrogens with two attached hydrogens (primary N) is 1. The summed E-state index contributed by atoms with van der Waals surface area (Å²) in [6, 6.07) is 4.23. The summed E-state index contributed by atoms with van der Waals surface area (Å²) in [6.07, 6.45) is -0.956. The molecule has 0 aliphatic rings. The number of halogens is 1. The van der Waals surface area contributed by atoms with Gasteiger partial charge in [-0.05, 0) is 24.6 Å². The Morgan fingerprint density at radius 1 is 1.53 bits per heavy atom. The molecule has 1 unspecified atom stereocenters. The van der Waals surface area contributed by atoms with E-state index in [0.29, 0.717) is 5.69 Å². The molecule has 3 N–H and O–H groups in total. The molecule has 0 saturated carbocycles. The second-order valence-corrected chi connectivity index (χ2v) is 3.78. The first-order chi connectivity index (χ1) is 7.95. The zero-order chi connectivity index (χ0) is 13.0. The van der Waals surface area contributed by atoms with E-state index in [1.165, 1.54) is 18.2 Å². The molecule has 0 aromatic heterocycles. The summed E-state index contributed by atoms with van der Waals surface area (Å²) in [4.78, 5) is 22.3. The van der Waals surface area contributed by atoms with Crippen LogP contribution in [0, 0.1) is 0 Å². The number of nitrogen functional groups attached to an aromatic ring is 1. The van der Waals surface area contributed by atoms with Gasteiger partial charge in [-0.1, -0.05) is 18.5 Å². The average Bonchev–Trinajstić information content (AvgIpc) is 2.28. The third-order valence-corrected chi connectivity index (χ3v) is 2.46. The molecule has 5 nitrogen and oxygen atoms in total. The van der Waals surface area contributed by atoms with Crippen molar-refractivity contribution in [3.8, 4) is 0 Å². The van der Waals surface area contributed by atoms with E-state index in [1.807, 2.05) is 0 Å². The van der Waals surface area contributed by atoms with Crippen molar-refractivity contribution in [3.05, 3.63) is 28.8 Å². The second kappa shape index (κ2) is 5.54. The average molecular weight is 258 g/mol. The van der Waals surface area contributed by atoms with E-state index >= 15 is 0 Å². The highest BCUT2D eigenvalue weighted by molar-refractivity contribution is 6.33. The molecule has 6 heteroatoms. The Bertz CT molecular complexity index is 447. The zero-order valence-corrected chi connectivity index (χ0v) is 9.90. The minimum Gasteiger partial charge on any atom is -0.479 e. The van der Waals surface area contributed by atoms with Gasteiger partial charge in [0.1, 0.15) is 0 Å². The highest BCUT2D eigenvalue weighted by Crippen LogP contribution is 2.20. The first kappa shape index (κ1) is 13.3. The Balaban J connectivity index is 2.82. The molecule has 0 fully saturated rings. The molecule has 1 atom stereocenters. The van der Waals surface area contributed by atoms with Crippen LogP contribution in [0.2, 0.25) is 5.02 Å². The Labute approximate surface area is 103 Å². The van der Waals surface area contributed by atoms with Crippen molar-refractivity contribution in [1.29, 1.82) is 0 Å². The van der Waals surface area contributed by atoms with Gasteiger partial charge in [0.2, 0.25) is 0 Å². The molecule has 0 saturated heterocycles. The SMILES string of the molecule is CCC(OC(=O)c1ccc(N)c(Cl)c1)C(=O)O. The number of hydrogen-bond acceptors (Lipinski definition) is 4. The number of aliphatic carboxylic acids is 1. The van der Waals surface area contributed by atoms with Gasteiger partial charge in [-0.15, -0.1) is 0 Å². The second-order valence-electron chi connectivity index (χ2n) is 3.38. The molecule has 0 aliphatic heterocycles. The number of ether oxygens (including phenoxy) is 1. The summed E-state index contributed by atoms with van der Waals surface area (Å²) >= 11 is 5.74. The topological polar surface area (TPSA) is 89.6 Å². The maximum atomic E-state index is 11.6. The first-order valence-corrected chi connectivity index (χ1v) is 5.32. The molecular weight excluding hydrogens is 246 g/mol. The fourth-order valence-corrected chi connectivity index (χ4v) is 1.34. The predicted octanol–water partition coefficient (Wildman–Crippen LogP) is 1.94. The van der Waals surface area contributed by atoms with Crippen molar-refractivity contribution in [1.82, 2.24) is 0 Å². The van der Waals surface area contributed by atoms with Gasteiger partial charge in [-0.2, -0.15) is 0 Å². The lowest BCUT2D eigenvalue weighted by atomic mass is 10.2. The van der Waals surface area contributed by atoms with Crippen molar-refractivity contribution in [2.75, 3.05) is 5.73 Å². The Hall–Kier alpha value is -1.75. The van der Waals surface area contributed by atoms with E-state index < -0.39 is 18.0 Å². The maximum Gasteiger partial charge on any atom is 0.345 e. The molecular formula is C11H12ClNO4. The maximum absolute atomic E-state index is 11.6. The van der Waals surface area contributed by atoms with Crippen LogP contribution < -0.4 is 5.73 Å². The number of rotatable bonds is 4. The summed E-state index contributed by atoms with van der Waals surface area (Å²) in [5, 5.41) is 8.97. The van der Waals surface area contributed by atoms with Gasteiger partial charge in [0.25, 0.3) is 0 Å². The third-order valence-electron chi connectivity index (χ3n) is 2.13. The summed E-state index contributed by atoms with van der Waals surface area (Å²) in [5.74, 6) is -1.91. The lowest BCUT2D eigenvalue weighted by molar-refractivity contribution is -0.147. The lowest BCUT2D eigenvalue weighted by Crippen LogP contribution is -2.26. The molecule has 0 spiro atoms. The normalized spacial score (nSPS) is 11.9. The van der Waals surface area contributed by atoms with E-state index in [4.69, 9.17) is 27.2 Å². The van der Waals surface area contributed by atoms with Gasteiger partial charge in [0, 0.05) is 0 Å². The molecule has 1 rings (SSSR count). The van der Waals surface area contributed by atoms with Crippen molar-refractivity contribution in [2.45, 2.75) is 19.4 Å². The van der Waals surface area contributed by atoms with Crippen LogP contribution in [0.15, 0.2) is 18.2 Å². The Morgan fingerprint density at radius 2 is 2.18 bits per heavy atom. The Kier molecular flexibility index (Phi) is 4.34. The van der Waals surface area contributed by atoms with Crippen LogP contribution >= 0.6 is 11.6 Å². The van der Waals surface area contributed by atoms with Gasteiger partial charge in [0.15, 0.2) is 6.10 Å². The van der Waals surface area contributed by atoms with Crippen LogP contribution in [-0.2, 0) is 9.53 Å². The van der Waals surface area contributed by atoms with E-state index in [0.717, 1.165) is 0 Å². The largest absolute Gasteiger partial charge is 0.479 e. The van der Waals surface area contributed by atoms with Gasteiger partial charge in [0.05, 0.1) is 16.3 Å². The van der Waals surface area contributed by atoms with Gasteiger partial charge >= 0.3 is 11.9 Å². The van der Waals surface area contributed by atoms with Crippen molar-refractivity contribution < 1.29 is 19.4 Å². The number of anilines is 1. The third kappa shape index (κ3) is 3.35. The fraction of sp³-hybridized carbons (Fsp3) is 0.273. The first-order valence-electron chi connectivity index (χ1n) is 4.94. The molecule has 0 bridgehead atoms. The van der Waals surface area contributed by atoms with Crippen LogP contribution in [0.25, 0.3) is 0 Å². The van der Waals surface area contributed by atoms with E-state index in [-0.39, 0.29) is 17.0 Å². The quantitative estimate of drug-likeness (QED) is 0.635. The van der Waals surface area contributed by atoms with E-state index in [2.05, 4.69) is 0 Å². The molecule has 1 aromatic rings. The van der Waals surface area contributed by atoms with Crippen LogP contribution in [0.3, 0.4) is 0 Å². The van der Waals surface area contributed by atoms with Crippen molar-refractivity contribution >= 4 is 29.2 Å². The van der Waals surface area contributed by atoms with Crippen molar-refractivity contribution in [3.63, 3.8) is 0 Å². The standard InChI is InChI=1S/C11H12ClNO4/c1-2-9(10(14)15)17-11(16)6-3-4-8(13)7(12)5-6/h3-5,9H,2,13H2,1H3,(H,14,15).